The first-order chi connectivity index (χ1) is 11.1. The van der Waals surface area contributed by atoms with E-state index in [2.05, 4.69) is 26.2 Å². The van der Waals surface area contributed by atoms with E-state index in [1.165, 1.54) is 12.3 Å². The molecule has 0 atom stereocenters. The highest BCUT2D eigenvalue weighted by molar-refractivity contribution is 9.10. The molecule has 0 saturated heterocycles. The van der Waals surface area contributed by atoms with Crippen LogP contribution in [0.25, 0.3) is 10.9 Å². The van der Waals surface area contributed by atoms with Gasteiger partial charge in [0, 0.05) is 12.3 Å². The van der Waals surface area contributed by atoms with Gasteiger partial charge in [0.25, 0.3) is 0 Å². The lowest BCUT2D eigenvalue weighted by molar-refractivity contribution is 0.0697. The number of fused-ring (bicyclic) bond motifs is 1. The number of ether oxygens (including phenoxy) is 1. The van der Waals surface area contributed by atoms with Crippen molar-refractivity contribution in [2.24, 2.45) is 0 Å². The molecule has 1 aliphatic heterocycles. The maximum Gasteiger partial charge on any atom is 0.339 e. The van der Waals surface area contributed by atoms with Gasteiger partial charge in [0.15, 0.2) is 11.5 Å². The lowest BCUT2D eigenvalue weighted by atomic mass is 10.1. The Kier molecular flexibility index (Phi) is 2.99. The van der Waals surface area contributed by atoms with Gasteiger partial charge < -0.3 is 15.2 Å². The molecule has 1 aliphatic rings. The van der Waals surface area contributed by atoms with Gasteiger partial charge in [0.05, 0.1) is 26.8 Å². The largest absolute Gasteiger partial charge is 0.478 e. The molecule has 23 heavy (non-hydrogen) atoms. The zero-order valence-corrected chi connectivity index (χ0v) is 13.0. The maximum absolute atomic E-state index is 14.1. The molecule has 0 radical (unpaired) electrons. The van der Waals surface area contributed by atoms with Crippen LogP contribution in [0.3, 0.4) is 0 Å². The van der Waals surface area contributed by atoms with E-state index in [1.807, 2.05) is 0 Å². The van der Waals surface area contributed by atoms with Gasteiger partial charge >= 0.3 is 5.97 Å². The summed E-state index contributed by atoms with van der Waals surface area (Å²) < 4.78 is 20.1. The topological polar surface area (TPSA) is 71.5 Å². The third-order valence-electron chi connectivity index (χ3n) is 3.60. The number of para-hydroxylation sites is 2. The van der Waals surface area contributed by atoms with Gasteiger partial charge in [0.2, 0.25) is 0 Å². The summed E-state index contributed by atoms with van der Waals surface area (Å²) >= 11 is 3.17. The molecular formula is C16H8BrFN2O3. The van der Waals surface area contributed by atoms with Crippen LogP contribution in [0.15, 0.2) is 41.0 Å². The number of halogens is 2. The van der Waals surface area contributed by atoms with Crippen molar-refractivity contribution in [3.8, 4) is 11.5 Å². The minimum atomic E-state index is -1.13. The smallest absolute Gasteiger partial charge is 0.339 e. The number of carboxylic acid groups (broad SMARTS) is 1. The maximum atomic E-state index is 14.1. The van der Waals surface area contributed by atoms with Crippen LogP contribution in [0.2, 0.25) is 0 Å². The van der Waals surface area contributed by atoms with Crippen molar-refractivity contribution in [1.29, 1.82) is 0 Å². The Morgan fingerprint density at radius 2 is 2.13 bits per heavy atom. The number of hydrogen-bond donors (Lipinski definition) is 2. The van der Waals surface area contributed by atoms with Crippen LogP contribution >= 0.6 is 15.9 Å². The summed E-state index contributed by atoms with van der Waals surface area (Å²) in [5, 5.41) is 12.9. The number of aromatic carboxylic acids is 1. The Hall–Kier alpha value is -2.67. The third kappa shape index (κ3) is 2.04. The number of carbonyl (C=O) groups is 1. The molecule has 0 fully saturated rings. The van der Waals surface area contributed by atoms with Crippen LogP contribution in [0.1, 0.15) is 10.4 Å². The normalized spacial score (nSPS) is 12.1. The summed E-state index contributed by atoms with van der Waals surface area (Å²) in [6, 6.07) is 8.27. The van der Waals surface area contributed by atoms with Crippen molar-refractivity contribution in [2.45, 2.75) is 0 Å². The summed E-state index contributed by atoms with van der Waals surface area (Å²) in [7, 11) is 0. The summed E-state index contributed by atoms with van der Waals surface area (Å²) in [5.74, 6) is -1.00. The summed E-state index contributed by atoms with van der Waals surface area (Å²) in [4.78, 5) is 15.6. The molecule has 4 rings (SSSR count). The SMILES string of the molecule is O=C(O)c1cnc2cc(F)c(Br)c3c2c1Nc1ccccc1O3. The van der Waals surface area contributed by atoms with Crippen molar-refractivity contribution >= 4 is 44.2 Å². The molecule has 3 aromatic rings. The molecule has 0 bridgehead atoms. The van der Waals surface area contributed by atoms with Crippen molar-refractivity contribution in [1.82, 2.24) is 4.98 Å². The molecule has 0 saturated carbocycles. The quantitative estimate of drug-likeness (QED) is 0.505. The lowest BCUT2D eigenvalue weighted by Gasteiger charge is -2.12. The number of aromatic nitrogens is 1. The van der Waals surface area contributed by atoms with Gasteiger partial charge in [-0.2, -0.15) is 0 Å². The predicted molar refractivity (Wildman–Crippen MR) is 86.2 cm³/mol. The molecule has 2 heterocycles. The fourth-order valence-electron chi connectivity index (χ4n) is 2.56. The van der Waals surface area contributed by atoms with Gasteiger partial charge in [-0.1, -0.05) is 12.1 Å². The first kappa shape index (κ1) is 14.0. The average Bonchev–Trinajstić information content (AvgIpc) is 2.70. The van der Waals surface area contributed by atoms with Gasteiger partial charge in [-0.05, 0) is 28.1 Å². The first-order valence-electron chi connectivity index (χ1n) is 6.64. The second-order valence-corrected chi connectivity index (χ2v) is 5.76. The van der Waals surface area contributed by atoms with Crippen molar-refractivity contribution in [3.05, 3.63) is 52.4 Å². The summed E-state index contributed by atoms with van der Waals surface area (Å²) in [6.07, 6.45) is 1.21. The standard InChI is InChI=1S/C16H8BrFN2O3/c17-13-8(18)5-10-12-14(7(6-19-10)16(21)22)20-9-3-1-2-4-11(9)23-15(12)13/h1-6,20H,(H,21,22). The fourth-order valence-corrected chi connectivity index (χ4v) is 2.95. The predicted octanol–water partition coefficient (Wildman–Crippen LogP) is 4.68. The van der Waals surface area contributed by atoms with Gasteiger partial charge in [-0.3, -0.25) is 4.98 Å². The molecule has 114 valence electrons. The Morgan fingerprint density at radius 1 is 1.35 bits per heavy atom. The third-order valence-corrected chi connectivity index (χ3v) is 4.34. The van der Waals surface area contributed by atoms with E-state index in [4.69, 9.17) is 4.74 Å². The molecular weight excluding hydrogens is 367 g/mol. The Morgan fingerprint density at radius 3 is 2.91 bits per heavy atom. The van der Waals surface area contributed by atoms with E-state index in [1.54, 1.807) is 24.3 Å². The van der Waals surface area contributed by atoms with Crippen molar-refractivity contribution in [3.63, 3.8) is 0 Å². The van der Waals surface area contributed by atoms with Crippen LogP contribution in [-0.4, -0.2) is 16.1 Å². The molecule has 5 nitrogen and oxygen atoms in total. The van der Waals surface area contributed by atoms with Crippen molar-refractivity contribution in [2.75, 3.05) is 5.32 Å². The van der Waals surface area contributed by atoms with Gasteiger partial charge in [-0.15, -0.1) is 0 Å². The number of pyridine rings is 1. The minimum absolute atomic E-state index is 0.0161. The summed E-state index contributed by atoms with van der Waals surface area (Å²) in [6.45, 7) is 0. The molecule has 0 amide bonds. The molecule has 0 unspecified atom stereocenters. The Bertz CT molecular complexity index is 991. The average molecular weight is 375 g/mol. The highest BCUT2D eigenvalue weighted by Crippen LogP contribution is 2.47. The minimum Gasteiger partial charge on any atom is -0.478 e. The van der Waals surface area contributed by atoms with Crippen LogP contribution < -0.4 is 10.1 Å². The molecule has 0 spiro atoms. The van der Waals surface area contributed by atoms with E-state index in [9.17, 15) is 14.3 Å². The fraction of sp³-hybridized carbons (Fsp3) is 0. The van der Waals surface area contributed by atoms with Crippen LogP contribution in [-0.2, 0) is 0 Å². The molecule has 7 heteroatoms. The van der Waals surface area contributed by atoms with E-state index in [-0.39, 0.29) is 15.8 Å². The van der Waals surface area contributed by atoms with Crippen LogP contribution in [0.4, 0.5) is 15.8 Å². The number of carboxylic acids is 1. The monoisotopic (exact) mass is 374 g/mol. The number of hydrogen-bond acceptors (Lipinski definition) is 4. The van der Waals surface area contributed by atoms with Gasteiger partial charge in [0.1, 0.15) is 11.4 Å². The van der Waals surface area contributed by atoms with E-state index in [0.29, 0.717) is 28.0 Å². The molecule has 1 aromatic heterocycles. The zero-order valence-electron chi connectivity index (χ0n) is 11.4. The molecule has 2 aromatic carbocycles. The van der Waals surface area contributed by atoms with E-state index >= 15 is 0 Å². The molecule has 0 aliphatic carbocycles. The lowest BCUT2D eigenvalue weighted by Crippen LogP contribution is -2.04. The summed E-state index contributed by atoms with van der Waals surface area (Å²) in [5.41, 5.74) is 1.20. The Labute approximate surface area is 137 Å². The Balaban J connectivity index is 2.17. The first-order valence-corrected chi connectivity index (χ1v) is 7.43. The number of anilines is 2. The number of rotatable bonds is 1. The van der Waals surface area contributed by atoms with E-state index in [0.717, 1.165) is 0 Å². The molecule has 2 N–H and O–H groups in total. The zero-order chi connectivity index (χ0) is 16.1. The second-order valence-electron chi connectivity index (χ2n) is 4.97. The van der Waals surface area contributed by atoms with Crippen LogP contribution in [0.5, 0.6) is 11.5 Å². The number of nitrogens with zero attached hydrogens (tertiary/aromatic N) is 1. The van der Waals surface area contributed by atoms with Crippen molar-refractivity contribution < 1.29 is 19.0 Å². The number of nitrogens with one attached hydrogen (secondary N) is 1. The highest BCUT2D eigenvalue weighted by atomic mass is 79.9. The van der Waals surface area contributed by atoms with Crippen LogP contribution in [0, 0.1) is 5.82 Å². The second kappa shape index (κ2) is 4.92. The number of benzene rings is 2. The van der Waals surface area contributed by atoms with E-state index < -0.39 is 11.8 Å². The van der Waals surface area contributed by atoms with Gasteiger partial charge in [-0.25, -0.2) is 9.18 Å². The highest BCUT2D eigenvalue weighted by Gasteiger charge is 2.26.